The zero-order valence-corrected chi connectivity index (χ0v) is 22.4. The van der Waals surface area contributed by atoms with Crippen LogP contribution in [0.15, 0.2) is 54.6 Å². The topological polar surface area (TPSA) is 93.4 Å². The molecule has 2 N–H and O–H groups in total. The van der Waals surface area contributed by atoms with Gasteiger partial charge in [0.25, 0.3) is 5.78 Å². The van der Waals surface area contributed by atoms with Gasteiger partial charge >= 0.3 is 6.09 Å². The number of hydrogen-bond donors (Lipinski definition) is 2. The quantitative estimate of drug-likeness (QED) is 0.319. The highest BCUT2D eigenvalue weighted by atomic mass is 16.6. The maximum atomic E-state index is 12.6. The average Bonchev–Trinajstić information content (AvgIpc) is 3.59. The predicted molar refractivity (Wildman–Crippen MR) is 148 cm³/mol. The lowest BCUT2D eigenvalue weighted by Gasteiger charge is -2.43. The van der Waals surface area contributed by atoms with E-state index in [9.17, 15) is 4.79 Å². The summed E-state index contributed by atoms with van der Waals surface area (Å²) in [7, 11) is 0. The largest absolute Gasteiger partial charge is 0.444 e. The zero-order valence-electron chi connectivity index (χ0n) is 22.4. The number of fused-ring (bicyclic) bond motifs is 1. The zero-order chi connectivity index (χ0) is 26.5. The minimum atomic E-state index is -0.538. The molecule has 8 heteroatoms. The van der Waals surface area contributed by atoms with Crippen LogP contribution in [0.4, 0.5) is 10.6 Å². The van der Waals surface area contributed by atoms with Gasteiger partial charge in [-0.05, 0) is 70.9 Å². The van der Waals surface area contributed by atoms with Gasteiger partial charge in [-0.15, -0.1) is 5.10 Å². The van der Waals surface area contributed by atoms with Crippen molar-refractivity contribution < 1.29 is 9.53 Å². The van der Waals surface area contributed by atoms with Crippen molar-refractivity contribution in [2.24, 2.45) is 0 Å². The van der Waals surface area contributed by atoms with Crippen molar-refractivity contribution in [2.45, 2.75) is 77.0 Å². The number of benzene rings is 2. The van der Waals surface area contributed by atoms with Crippen molar-refractivity contribution in [3.05, 3.63) is 66.0 Å². The Morgan fingerprint density at radius 2 is 1.71 bits per heavy atom. The lowest BCUT2D eigenvalue weighted by atomic mass is 9.71. The first kappa shape index (κ1) is 24.4. The summed E-state index contributed by atoms with van der Waals surface area (Å²) in [6.07, 6.45) is 4.75. The molecule has 38 heavy (non-hydrogen) atoms. The summed E-state index contributed by atoms with van der Waals surface area (Å²) in [5.41, 5.74) is 4.06. The molecule has 0 spiro atoms. The highest BCUT2D eigenvalue weighted by Gasteiger charge is 2.41. The second kappa shape index (κ2) is 9.11. The molecule has 2 aromatic heterocycles. The third kappa shape index (κ3) is 4.71. The summed E-state index contributed by atoms with van der Waals surface area (Å²) in [5, 5.41) is 11.5. The summed E-state index contributed by atoms with van der Waals surface area (Å²) in [4.78, 5) is 22.2. The number of aryl methyl sites for hydroxylation is 1. The molecule has 2 aromatic carbocycles. The van der Waals surface area contributed by atoms with Gasteiger partial charge in [0.15, 0.2) is 0 Å². The number of amides is 1. The maximum absolute atomic E-state index is 12.6. The van der Waals surface area contributed by atoms with Gasteiger partial charge in [-0.3, -0.25) is 0 Å². The minimum absolute atomic E-state index is 0.377. The van der Waals surface area contributed by atoms with Crippen LogP contribution < -0.4 is 10.6 Å². The summed E-state index contributed by atoms with van der Waals surface area (Å²) >= 11 is 0. The lowest BCUT2D eigenvalue weighted by Crippen LogP contribution is -2.52. The van der Waals surface area contributed by atoms with Crippen molar-refractivity contribution >= 4 is 17.7 Å². The molecule has 4 aromatic rings. The maximum Gasteiger partial charge on any atom is 0.408 e. The third-order valence-electron chi connectivity index (χ3n) is 7.23. The summed E-state index contributed by atoms with van der Waals surface area (Å²) < 4.78 is 7.39. The van der Waals surface area contributed by atoms with Gasteiger partial charge in [-0.25, -0.2) is 9.78 Å². The number of nitrogens with one attached hydrogen (secondary N) is 2. The van der Waals surface area contributed by atoms with Gasteiger partial charge in [0, 0.05) is 11.6 Å². The van der Waals surface area contributed by atoms with E-state index in [1.54, 1.807) is 0 Å². The molecule has 2 heterocycles. The lowest BCUT2D eigenvalue weighted by molar-refractivity contribution is 0.0377. The van der Waals surface area contributed by atoms with Crippen LogP contribution in [-0.2, 0) is 10.3 Å². The molecule has 0 aliphatic heterocycles. The van der Waals surface area contributed by atoms with E-state index in [0.29, 0.717) is 17.6 Å². The fourth-order valence-electron chi connectivity index (χ4n) is 5.10. The molecule has 6 rings (SSSR count). The Bertz CT molecular complexity index is 1480. The Hall–Kier alpha value is -3.94. The van der Waals surface area contributed by atoms with E-state index in [1.165, 1.54) is 0 Å². The van der Waals surface area contributed by atoms with Gasteiger partial charge in [0.2, 0.25) is 0 Å². The van der Waals surface area contributed by atoms with E-state index in [4.69, 9.17) is 9.72 Å². The van der Waals surface area contributed by atoms with Crippen molar-refractivity contribution in [1.29, 1.82) is 0 Å². The average molecular weight is 511 g/mol. The molecule has 1 amide bonds. The number of hydrogen-bond acceptors (Lipinski definition) is 6. The smallest absolute Gasteiger partial charge is 0.408 e. The normalized spacial score (nSPS) is 16.6. The molecule has 2 aliphatic rings. The van der Waals surface area contributed by atoms with E-state index in [1.807, 2.05) is 50.4 Å². The van der Waals surface area contributed by atoms with Gasteiger partial charge in [-0.1, -0.05) is 54.6 Å². The third-order valence-corrected chi connectivity index (χ3v) is 7.23. The Morgan fingerprint density at radius 1 is 1.00 bits per heavy atom. The summed E-state index contributed by atoms with van der Waals surface area (Å²) in [6.45, 7) is 7.53. The Morgan fingerprint density at radius 3 is 2.32 bits per heavy atom. The first-order valence-corrected chi connectivity index (χ1v) is 13.4. The number of carbonyl (C=O) groups is 1. The van der Waals surface area contributed by atoms with Crippen LogP contribution in [0, 0.1) is 6.92 Å². The summed E-state index contributed by atoms with van der Waals surface area (Å²) in [6, 6.07) is 19.2. The van der Waals surface area contributed by atoms with Gasteiger partial charge in [0.05, 0.1) is 16.8 Å². The minimum Gasteiger partial charge on any atom is -0.444 e. The molecule has 0 radical (unpaired) electrons. The second-order valence-electron chi connectivity index (χ2n) is 11.5. The van der Waals surface area contributed by atoms with Crippen LogP contribution in [0.3, 0.4) is 0 Å². The Labute approximate surface area is 222 Å². The first-order valence-electron chi connectivity index (χ1n) is 13.4. The van der Waals surface area contributed by atoms with Crippen LogP contribution in [0.5, 0.6) is 0 Å². The van der Waals surface area contributed by atoms with E-state index in [0.717, 1.165) is 65.9 Å². The number of rotatable bonds is 6. The van der Waals surface area contributed by atoms with Gasteiger partial charge < -0.3 is 15.4 Å². The van der Waals surface area contributed by atoms with Crippen molar-refractivity contribution in [3.8, 4) is 22.4 Å². The van der Waals surface area contributed by atoms with Crippen molar-refractivity contribution in [2.75, 3.05) is 5.32 Å². The molecular weight excluding hydrogens is 476 g/mol. The Balaban J connectivity index is 1.42. The molecule has 0 bridgehead atoms. The number of ether oxygens (including phenoxy) is 1. The van der Waals surface area contributed by atoms with Gasteiger partial charge in [0.1, 0.15) is 17.2 Å². The molecule has 2 aliphatic carbocycles. The standard InChI is InChI=1S/C30H34N6O2/c1-19-31-27-33-25(24(20-9-6-5-7-10-20)26(36(27)35-19)32-23-15-16-23)21-11-13-22(14-12-21)30(17-8-18-30)34-28(37)38-29(2,3)4/h5-7,9-14,23,32H,8,15-18H2,1-4H3,(H,34,37). The number of carbonyl (C=O) groups excluding carboxylic acids is 1. The predicted octanol–water partition coefficient (Wildman–Crippen LogP) is 6.24. The highest BCUT2D eigenvalue weighted by molar-refractivity contribution is 5.90. The van der Waals surface area contributed by atoms with Crippen LogP contribution >= 0.6 is 0 Å². The number of anilines is 1. The number of aromatic nitrogens is 4. The van der Waals surface area contributed by atoms with Crippen LogP contribution in [-0.4, -0.2) is 37.3 Å². The van der Waals surface area contributed by atoms with E-state index in [-0.39, 0.29) is 6.09 Å². The fraction of sp³-hybridized carbons (Fsp3) is 0.400. The molecule has 2 saturated carbocycles. The molecule has 196 valence electrons. The second-order valence-corrected chi connectivity index (χ2v) is 11.5. The highest BCUT2D eigenvalue weighted by Crippen LogP contribution is 2.43. The van der Waals surface area contributed by atoms with Crippen LogP contribution in [0.25, 0.3) is 28.2 Å². The summed E-state index contributed by atoms with van der Waals surface area (Å²) in [5.74, 6) is 2.18. The Kier molecular flexibility index (Phi) is 5.85. The number of nitrogens with zero attached hydrogens (tertiary/aromatic N) is 4. The SMILES string of the molecule is Cc1nc2nc(-c3ccc(C4(NC(=O)OC(C)(C)C)CCC4)cc3)c(-c3ccccc3)c(NC3CC3)n2n1. The first-order chi connectivity index (χ1) is 18.2. The molecule has 2 fully saturated rings. The van der Waals surface area contributed by atoms with E-state index >= 15 is 0 Å². The van der Waals surface area contributed by atoms with Crippen LogP contribution in [0.2, 0.25) is 0 Å². The van der Waals surface area contributed by atoms with Crippen LogP contribution in [0.1, 0.15) is 64.3 Å². The van der Waals surface area contributed by atoms with E-state index < -0.39 is 11.1 Å². The molecular formula is C30H34N6O2. The van der Waals surface area contributed by atoms with Crippen molar-refractivity contribution in [3.63, 3.8) is 0 Å². The van der Waals surface area contributed by atoms with E-state index in [2.05, 4.69) is 57.1 Å². The van der Waals surface area contributed by atoms with Crippen molar-refractivity contribution in [1.82, 2.24) is 24.9 Å². The fourth-order valence-corrected chi connectivity index (χ4v) is 5.10. The molecule has 8 nitrogen and oxygen atoms in total. The number of alkyl carbamates (subject to hydrolysis) is 1. The van der Waals surface area contributed by atoms with Gasteiger partial charge in [-0.2, -0.15) is 9.50 Å². The molecule has 0 saturated heterocycles. The monoisotopic (exact) mass is 510 g/mol. The molecule has 0 unspecified atom stereocenters. The molecule has 0 atom stereocenters.